The third-order valence-electron chi connectivity index (χ3n) is 4.22. The minimum absolute atomic E-state index is 0.0874. The zero-order valence-corrected chi connectivity index (χ0v) is 13.9. The minimum atomic E-state index is -0.839. The first-order valence-corrected chi connectivity index (χ1v) is 7.72. The molecule has 2 atom stereocenters. The second kappa shape index (κ2) is 7.10. The summed E-state index contributed by atoms with van der Waals surface area (Å²) in [7, 11) is 0. The van der Waals surface area contributed by atoms with Crippen molar-refractivity contribution >= 4 is 11.9 Å². The van der Waals surface area contributed by atoms with Gasteiger partial charge >= 0.3 is 11.9 Å². The molecule has 4 nitrogen and oxygen atoms in total. The lowest BCUT2D eigenvalue weighted by Crippen LogP contribution is -2.36. The standard InChI is InChI=1S/C17H28O4/c1-7-20-15(18)14(16(19)21-8-2)13-10-17(5,6)9-12(13)11(3)4/h12-14H,3,7-10H2,1-2,4-6H3/t12-,13+/m0/s1. The quantitative estimate of drug-likeness (QED) is 0.428. The van der Waals surface area contributed by atoms with Crippen molar-refractivity contribution in [1.29, 1.82) is 0 Å². The van der Waals surface area contributed by atoms with Crippen molar-refractivity contribution in [3.63, 3.8) is 0 Å². The molecule has 0 saturated heterocycles. The van der Waals surface area contributed by atoms with Gasteiger partial charge in [-0.2, -0.15) is 0 Å². The van der Waals surface area contributed by atoms with Gasteiger partial charge in [0.25, 0.3) is 0 Å². The van der Waals surface area contributed by atoms with Gasteiger partial charge in [-0.25, -0.2) is 0 Å². The highest BCUT2D eigenvalue weighted by Gasteiger charge is 2.49. The molecule has 0 aliphatic heterocycles. The highest BCUT2D eigenvalue weighted by Crippen LogP contribution is 2.50. The molecule has 1 fully saturated rings. The molecule has 120 valence electrons. The molecule has 0 heterocycles. The molecular formula is C17H28O4. The molecule has 0 N–H and O–H groups in total. The van der Waals surface area contributed by atoms with Gasteiger partial charge in [-0.05, 0) is 50.9 Å². The Morgan fingerprint density at radius 1 is 1.14 bits per heavy atom. The lowest BCUT2D eigenvalue weighted by molar-refractivity contribution is -0.165. The number of hydrogen-bond donors (Lipinski definition) is 0. The first-order valence-electron chi connectivity index (χ1n) is 7.72. The van der Waals surface area contributed by atoms with Crippen LogP contribution in [-0.4, -0.2) is 25.2 Å². The van der Waals surface area contributed by atoms with Crippen LogP contribution in [0.4, 0.5) is 0 Å². The number of allylic oxidation sites excluding steroid dienone is 1. The van der Waals surface area contributed by atoms with E-state index < -0.39 is 17.9 Å². The summed E-state index contributed by atoms with van der Waals surface area (Å²) >= 11 is 0. The lowest BCUT2D eigenvalue weighted by Gasteiger charge is -2.26. The molecule has 0 aromatic carbocycles. The molecule has 0 aromatic rings. The Hall–Kier alpha value is -1.32. The van der Waals surface area contributed by atoms with Gasteiger partial charge in [0.15, 0.2) is 5.92 Å². The zero-order chi connectivity index (χ0) is 16.2. The van der Waals surface area contributed by atoms with E-state index in [-0.39, 0.29) is 30.5 Å². The summed E-state index contributed by atoms with van der Waals surface area (Å²) in [6.45, 7) is 14.4. The van der Waals surface area contributed by atoms with E-state index >= 15 is 0 Å². The first kappa shape index (κ1) is 17.7. The van der Waals surface area contributed by atoms with Crippen molar-refractivity contribution in [2.75, 3.05) is 13.2 Å². The van der Waals surface area contributed by atoms with E-state index in [9.17, 15) is 9.59 Å². The van der Waals surface area contributed by atoms with E-state index in [1.165, 1.54) is 0 Å². The van der Waals surface area contributed by atoms with Crippen molar-refractivity contribution in [3.8, 4) is 0 Å². The molecule has 0 bridgehead atoms. The van der Waals surface area contributed by atoms with Crippen LogP contribution >= 0.6 is 0 Å². The van der Waals surface area contributed by atoms with E-state index in [4.69, 9.17) is 9.47 Å². The molecule has 0 radical (unpaired) electrons. The van der Waals surface area contributed by atoms with Gasteiger partial charge in [0.2, 0.25) is 0 Å². The number of hydrogen-bond acceptors (Lipinski definition) is 4. The molecule has 1 aliphatic carbocycles. The third kappa shape index (κ3) is 4.32. The smallest absolute Gasteiger partial charge is 0.320 e. The fourth-order valence-corrected chi connectivity index (χ4v) is 3.41. The SMILES string of the molecule is C=C(C)[C@@H]1CC(C)(C)C[C@H]1C(C(=O)OCC)C(=O)OCC. The molecule has 1 saturated carbocycles. The number of carbonyl (C=O) groups excluding carboxylic acids is 2. The van der Waals surface area contributed by atoms with Crippen LogP contribution in [0.2, 0.25) is 0 Å². The van der Waals surface area contributed by atoms with Crippen LogP contribution in [0.5, 0.6) is 0 Å². The van der Waals surface area contributed by atoms with Crippen molar-refractivity contribution in [2.45, 2.75) is 47.5 Å². The Kier molecular flexibility index (Phi) is 5.99. The van der Waals surface area contributed by atoms with Crippen molar-refractivity contribution < 1.29 is 19.1 Å². The maximum absolute atomic E-state index is 12.3. The van der Waals surface area contributed by atoms with E-state index in [0.717, 1.165) is 18.4 Å². The summed E-state index contributed by atoms with van der Waals surface area (Å²) in [6, 6.07) is 0. The molecule has 0 aromatic heterocycles. The molecule has 1 rings (SSSR count). The zero-order valence-electron chi connectivity index (χ0n) is 13.9. The molecule has 21 heavy (non-hydrogen) atoms. The van der Waals surface area contributed by atoms with Gasteiger partial charge in [-0.15, -0.1) is 0 Å². The Morgan fingerprint density at radius 3 is 2.00 bits per heavy atom. The first-order chi connectivity index (χ1) is 9.73. The summed E-state index contributed by atoms with van der Waals surface area (Å²) < 4.78 is 10.2. The topological polar surface area (TPSA) is 52.6 Å². The Bertz CT molecular complexity index is 393. The third-order valence-corrected chi connectivity index (χ3v) is 4.22. The van der Waals surface area contributed by atoms with Crippen LogP contribution in [0.1, 0.15) is 47.5 Å². The Balaban J connectivity index is 3.08. The molecular weight excluding hydrogens is 268 g/mol. The maximum atomic E-state index is 12.3. The van der Waals surface area contributed by atoms with Gasteiger partial charge in [0, 0.05) is 0 Å². The molecule has 0 amide bonds. The minimum Gasteiger partial charge on any atom is -0.465 e. The summed E-state index contributed by atoms with van der Waals surface area (Å²) in [5, 5.41) is 0. The summed E-state index contributed by atoms with van der Waals surface area (Å²) in [5.74, 6) is -1.71. The van der Waals surface area contributed by atoms with Crippen LogP contribution in [0.25, 0.3) is 0 Å². The van der Waals surface area contributed by atoms with Gasteiger partial charge in [-0.3, -0.25) is 9.59 Å². The summed E-state index contributed by atoms with van der Waals surface area (Å²) in [6.07, 6.45) is 1.73. The number of ether oxygens (including phenoxy) is 2. The van der Waals surface area contributed by atoms with Crippen LogP contribution in [-0.2, 0) is 19.1 Å². The fourth-order valence-electron chi connectivity index (χ4n) is 3.41. The van der Waals surface area contributed by atoms with Crippen molar-refractivity contribution in [3.05, 3.63) is 12.2 Å². The summed E-state index contributed by atoms with van der Waals surface area (Å²) in [4.78, 5) is 24.5. The van der Waals surface area contributed by atoms with Gasteiger partial charge in [0.05, 0.1) is 13.2 Å². The van der Waals surface area contributed by atoms with Gasteiger partial charge < -0.3 is 9.47 Å². The second-order valence-corrected chi connectivity index (χ2v) is 6.67. The van der Waals surface area contributed by atoms with Crippen LogP contribution in [0.15, 0.2) is 12.2 Å². The van der Waals surface area contributed by atoms with E-state index in [2.05, 4.69) is 20.4 Å². The van der Waals surface area contributed by atoms with Crippen LogP contribution in [0.3, 0.4) is 0 Å². The predicted molar refractivity (Wildman–Crippen MR) is 81.6 cm³/mol. The fraction of sp³-hybridized carbons (Fsp3) is 0.765. The van der Waals surface area contributed by atoms with E-state index in [0.29, 0.717) is 0 Å². The predicted octanol–water partition coefficient (Wildman–Crippen LogP) is 3.36. The Morgan fingerprint density at radius 2 is 1.62 bits per heavy atom. The average molecular weight is 296 g/mol. The normalized spacial score (nSPS) is 23.9. The molecule has 0 spiro atoms. The molecule has 1 aliphatic rings. The van der Waals surface area contributed by atoms with Crippen molar-refractivity contribution in [1.82, 2.24) is 0 Å². The Labute approximate surface area is 127 Å². The van der Waals surface area contributed by atoms with Gasteiger partial charge in [0.1, 0.15) is 0 Å². The lowest BCUT2D eigenvalue weighted by atomic mass is 9.80. The second-order valence-electron chi connectivity index (χ2n) is 6.67. The molecule has 4 heteroatoms. The highest BCUT2D eigenvalue weighted by molar-refractivity contribution is 5.95. The number of carbonyl (C=O) groups is 2. The monoisotopic (exact) mass is 296 g/mol. The maximum Gasteiger partial charge on any atom is 0.320 e. The molecule has 0 unspecified atom stereocenters. The number of rotatable bonds is 6. The summed E-state index contributed by atoms with van der Waals surface area (Å²) in [5.41, 5.74) is 1.11. The van der Waals surface area contributed by atoms with Crippen molar-refractivity contribution in [2.24, 2.45) is 23.2 Å². The van der Waals surface area contributed by atoms with Crippen LogP contribution < -0.4 is 0 Å². The highest BCUT2D eigenvalue weighted by atomic mass is 16.6. The van der Waals surface area contributed by atoms with Crippen LogP contribution in [0, 0.1) is 23.2 Å². The van der Waals surface area contributed by atoms with Gasteiger partial charge in [-0.1, -0.05) is 26.0 Å². The van der Waals surface area contributed by atoms with E-state index in [1.807, 2.05) is 6.92 Å². The number of esters is 2. The largest absolute Gasteiger partial charge is 0.465 e. The average Bonchev–Trinajstić information content (AvgIpc) is 2.66. The van der Waals surface area contributed by atoms with E-state index in [1.54, 1.807) is 13.8 Å².